The number of carbonyl (C=O) groups is 1. The highest BCUT2D eigenvalue weighted by Gasteiger charge is 2.15. The fourth-order valence-electron chi connectivity index (χ4n) is 1.90. The van der Waals surface area contributed by atoms with Crippen molar-refractivity contribution < 1.29 is 9.53 Å². The predicted molar refractivity (Wildman–Crippen MR) is 71.9 cm³/mol. The molecule has 2 heterocycles. The summed E-state index contributed by atoms with van der Waals surface area (Å²) in [5.41, 5.74) is 0.842. The monoisotopic (exact) mass is 288 g/mol. The Balaban J connectivity index is 1.71. The molecule has 0 unspecified atom stereocenters. The maximum atomic E-state index is 11.7. The van der Waals surface area contributed by atoms with Crippen LogP contribution in [0.2, 0.25) is 0 Å². The van der Waals surface area contributed by atoms with Gasteiger partial charge in [-0.25, -0.2) is 4.98 Å². The highest BCUT2D eigenvalue weighted by atomic mass is 35.5. The molecule has 0 radical (unpaired) electrons. The third-order valence-corrected chi connectivity index (χ3v) is 4.15. The molecule has 0 bridgehead atoms. The summed E-state index contributed by atoms with van der Waals surface area (Å²) in [6, 6.07) is 0. The van der Waals surface area contributed by atoms with Gasteiger partial charge in [-0.2, -0.15) is 0 Å². The fraction of sp³-hybridized carbons (Fsp3) is 0.667. The first-order valence-electron chi connectivity index (χ1n) is 6.11. The molecule has 100 valence electrons. The van der Waals surface area contributed by atoms with Gasteiger partial charge in [0, 0.05) is 25.1 Å². The number of alkyl halides is 1. The van der Waals surface area contributed by atoms with Gasteiger partial charge in [-0.1, -0.05) is 0 Å². The normalized spacial score (nSPS) is 16.7. The molecule has 6 heteroatoms. The second-order valence-electron chi connectivity index (χ2n) is 4.40. The van der Waals surface area contributed by atoms with E-state index < -0.39 is 0 Å². The second-order valence-corrected chi connectivity index (χ2v) is 5.61. The molecule has 18 heavy (non-hydrogen) atoms. The van der Waals surface area contributed by atoms with E-state index in [-0.39, 0.29) is 5.91 Å². The summed E-state index contributed by atoms with van der Waals surface area (Å²) in [6.45, 7) is 2.37. The summed E-state index contributed by atoms with van der Waals surface area (Å²) in [5, 5.41) is 5.69. The maximum Gasteiger partial charge on any atom is 0.226 e. The van der Waals surface area contributed by atoms with E-state index in [0.717, 1.165) is 43.3 Å². The molecular weight excluding hydrogens is 272 g/mol. The summed E-state index contributed by atoms with van der Waals surface area (Å²) in [6.07, 6.45) is 2.42. The van der Waals surface area contributed by atoms with Gasteiger partial charge in [-0.05, 0) is 18.8 Å². The van der Waals surface area contributed by atoms with Crippen LogP contribution in [0.3, 0.4) is 0 Å². The number of aromatic nitrogens is 1. The van der Waals surface area contributed by atoms with Crippen LogP contribution < -0.4 is 5.32 Å². The summed E-state index contributed by atoms with van der Waals surface area (Å²) in [4.78, 5) is 16.0. The Hall–Kier alpha value is -0.650. The van der Waals surface area contributed by atoms with Crippen molar-refractivity contribution in [1.82, 2.24) is 10.3 Å². The number of hydrogen-bond acceptors (Lipinski definition) is 4. The van der Waals surface area contributed by atoms with E-state index in [1.807, 2.05) is 5.38 Å². The topological polar surface area (TPSA) is 51.2 Å². The summed E-state index contributed by atoms with van der Waals surface area (Å²) >= 11 is 7.16. The largest absolute Gasteiger partial charge is 0.381 e. The second kappa shape index (κ2) is 7.07. The van der Waals surface area contributed by atoms with Crippen molar-refractivity contribution in [1.29, 1.82) is 0 Å². The van der Waals surface area contributed by atoms with Crippen LogP contribution in [0, 0.1) is 5.92 Å². The first-order chi connectivity index (χ1) is 8.78. The quantitative estimate of drug-likeness (QED) is 0.843. The minimum absolute atomic E-state index is 0.0389. The van der Waals surface area contributed by atoms with Crippen molar-refractivity contribution in [2.45, 2.75) is 25.1 Å². The SMILES string of the molecule is O=C(Cc1nc(CCl)cs1)NCC1CCOCC1. The van der Waals surface area contributed by atoms with Crippen molar-refractivity contribution in [2.24, 2.45) is 5.92 Å². The van der Waals surface area contributed by atoms with E-state index in [1.54, 1.807) is 0 Å². The Morgan fingerprint density at radius 2 is 2.33 bits per heavy atom. The Kier molecular flexibility index (Phi) is 5.41. The number of carbonyl (C=O) groups excluding carboxylic acids is 1. The lowest BCUT2D eigenvalue weighted by atomic mass is 10.0. The van der Waals surface area contributed by atoms with Gasteiger partial charge in [0.2, 0.25) is 5.91 Å². The Labute approximate surface area is 116 Å². The van der Waals surface area contributed by atoms with Crippen molar-refractivity contribution in [2.75, 3.05) is 19.8 Å². The highest BCUT2D eigenvalue weighted by Crippen LogP contribution is 2.14. The maximum absolute atomic E-state index is 11.7. The van der Waals surface area contributed by atoms with E-state index in [4.69, 9.17) is 16.3 Å². The van der Waals surface area contributed by atoms with Crippen LogP contribution >= 0.6 is 22.9 Å². The van der Waals surface area contributed by atoms with Crippen LogP contribution in [0.4, 0.5) is 0 Å². The molecule has 1 amide bonds. The van der Waals surface area contributed by atoms with Gasteiger partial charge < -0.3 is 10.1 Å². The summed E-state index contributed by atoms with van der Waals surface area (Å²) in [5.74, 6) is 0.995. The van der Waals surface area contributed by atoms with Gasteiger partial charge in [-0.15, -0.1) is 22.9 Å². The molecular formula is C12H17ClN2O2S. The van der Waals surface area contributed by atoms with Crippen molar-refractivity contribution in [3.05, 3.63) is 16.1 Å². The fourth-order valence-corrected chi connectivity index (χ4v) is 2.92. The predicted octanol–water partition coefficient (Wildman–Crippen LogP) is 1.97. The Morgan fingerprint density at radius 3 is 3.00 bits per heavy atom. The molecule has 2 rings (SSSR count). The number of thiazole rings is 1. The van der Waals surface area contributed by atoms with Crippen LogP contribution in [0.25, 0.3) is 0 Å². The molecule has 1 aliphatic rings. The van der Waals surface area contributed by atoms with Crippen LogP contribution in [0.5, 0.6) is 0 Å². The van der Waals surface area contributed by atoms with Crippen LogP contribution in [-0.2, 0) is 21.8 Å². The van der Waals surface area contributed by atoms with Gasteiger partial charge >= 0.3 is 0 Å². The number of nitrogens with zero attached hydrogens (tertiary/aromatic N) is 1. The molecule has 0 aliphatic carbocycles. The molecule has 0 aromatic carbocycles. The van der Waals surface area contributed by atoms with Gasteiger partial charge in [0.05, 0.1) is 18.0 Å². The molecule has 0 saturated carbocycles. The van der Waals surface area contributed by atoms with Gasteiger partial charge in [-0.3, -0.25) is 4.79 Å². The number of ether oxygens (including phenoxy) is 1. The van der Waals surface area contributed by atoms with E-state index >= 15 is 0 Å². The molecule has 0 atom stereocenters. The lowest BCUT2D eigenvalue weighted by Crippen LogP contribution is -2.33. The molecule has 1 aromatic heterocycles. The summed E-state index contributed by atoms with van der Waals surface area (Å²) in [7, 11) is 0. The van der Waals surface area contributed by atoms with Gasteiger partial charge in [0.25, 0.3) is 0 Å². The number of amides is 1. The molecule has 1 aliphatic heterocycles. The number of rotatable bonds is 5. The van der Waals surface area contributed by atoms with Crippen molar-refractivity contribution in [3.63, 3.8) is 0 Å². The van der Waals surface area contributed by atoms with Crippen LogP contribution in [-0.4, -0.2) is 30.6 Å². The third kappa shape index (κ3) is 4.23. The Bertz CT molecular complexity index is 391. The smallest absolute Gasteiger partial charge is 0.226 e. The zero-order valence-electron chi connectivity index (χ0n) is 10.2. The average molecular weight is 289 g/mol. The van der Waals surface area contributed by atoms with E-state index in [2.05, 4.69) is 10.3 Å². The lowest BCUT2D eigenvalue weighted by Gasteiger charge is -2.22. The zero-order chi connectivity index (χ0) is 12.8. The standard InChI is InChI=1S/C12H17ClN2O2S/c13-6-10-8-18-12(15-10)5-11(16)14-7-9-1-3-17-4-2-9/h8-9H,1-7H2,(H,14,16). The molecule has 4 nitrogen and oxygen atoms in total. The van der Waals surface area contributed by atoms with Gasteiger partial charge in [0.15, 0.2) is 0 Å². The highest BCUT2D eigenvalue weighted by molar-refractivity contribution is 7.09. The first-order valence-corrected chi connectivity index (χ1v) is 7.53. The van der Waals surface area contributed by atoms with E-state index in [1.165, 1.54) is 11.3 Å². The molecule has 1 aromatic rings. The Morgan fingerprint density at radius 1 is 1.56 bits per heavy atom. The van der Waals surface area contributed by atoms with Gasteiger partial charge in [0.1, 0.15) is 5.01 Å². The molecule has 1 N–H and O–H groups in total. The van der Waals surface area contributed by atoms with Crippen LogP contribution in [0.1, 0.15) is 23.5 Å². The van der Waals surface area contributed by atoms with Crippen molar-refractivity contribution >= 4 is 28.8 Å². The van der Waals surface area contributed by atoms with E-state index in [0.29, 0.717) is 18.2 Å². The van der Waals surface area contributed by atoms with Crippen LogP contribution in [0.15, 0.2) is 5.38 Å². The summed E-state index contributed by atoms with van der Waals surface area (Å²) < 4.78 is 5.28. The van der Waals surface area contributed by atoms with E-state index in [9.17, 15) is 4.79 Å². The van der Waals surface area contributed by atoms with Crippen molar-refractivity contribution in [3.8, 4) is 0 Å². The average Bonchev–Trinajstić information content (AvgIpc) is 2.85. The minimum Gasteiger partial charge on any atom is -0.381 e. The number of halogens is 1. The minimum atomic E-state index is 0.0389. The first kappa shape index (κ1) is 13.8. The number of hydrogen-bond donors (Lipinski definition) is 1. The zero-order valence-corrected chi connectivity index (χ0v) is 11.7. The number of nitrogens with one attached hydrogen (secondary N) is 1. The molecule has 1 fully saturated rings. The molecule has 0 spiro atoms. The lowest BCUT2D eigenvalue weighted by molar-refractivity contribution is -0.120. The molecule has 1 saturated heterocycles. The third-order valence-electron chi connectivity index (χ3n) is 2.98.